The standard InChI is InChI=1S/C15H12Cl2N2O4/c1-9(23-12-7-10(16)6-11(17)8-12)15(20)18-13-4-2-3-5-14(13)19(21)22/h2-9H,1H3,(H,18,20)/t9-/m0/s1. The van der Waals surface area contributed by atoms with E-state index in [-0.39, 0.29) is 11.4 Å². The van der Waals surface area contributed by atoms with E-state index in [1.165, 1.54) is 43.3 Å². The van der Waals surface area contributed by atoms with E-state index < -0.39 is 16.9 Å². The van der Waals surface area contributed by atoms with Crippen LogP contribution in [0.2, 0.25) is 10.0 Å². The first-order valence-electron chi connectivity index (χ1n) is 6.54. The predicted octanol–water partition coefficient (Wildman–Crippen LogP) is 4.31. The summed E-state index contributed by atoms with van der Waals surface area (Å²) in [4.78, 5) is 22.5. The maximum atomic E-state index is 12.1. The molecule has 0 fully saturated rings. The molecule has 2 aromatic rings. The number of rotatable bonds is 5. The molecule has 120 valence electrons. The molecule has 0 aliphatic rings. The molecule has 0 radical (unpaired) electrons. The van der Waals surface area contributed by atoms with E-state index in [2.05, 4.69) is 5.32 Å². The highest BCUT2D eigenvalue weighted by Crippen LogP contribution is 2.26. The third-order valence-electron chi connectivity index (χ3n) is 2.88. The minimum atomic E-state index is -0.899. The van der Waals surface area contributed by atoms with Gasteiger partial charge in [-0.2, -0.15) is 0 Å². The zero-order valence-corrected chi connectivity index (χ0v) is 13.5. The number of carbonyl (C=O) groups excluding carboxylic acids is 1. The number of nitrogens with one attached hydrogen (secondary N) is 1. The fourth-order valence-corrected chi connectivity index (χ4v) is 2.33. The zero-order valence-electron chi connectivity index (χ0n) is 12.0. The summed E-state index contributed by atoms with van der Waals surface area (Å²) in [5, 5.41) is 14.2. The molecule has 0 aliphatic heterocycles. The summed E-state index contributed by atoms with van der Waals surface area (Å²) in [5.74, 6) is -0.205. The number of benzene rings is 2. The number of hydrogen-bond donors (Lipinski definition) is 1. The zero-order chi connectivity index (χ0) is 17.0. The molecule has 0 aromatic heterocycles. The molecule has 0 spiro atoms. The van der Waals surface area contributed by atoms with Crippen molar-refractivity contribution in [3.8, 4) is 5.75 Å². The molecule has 0 saturated carbocycles. The third kappa shape index (κ3) is 4.58. The Morgan fingerprint density at radius 1 is 1.22 bits per heavy atom. The summed E-state index contributed by atoms with van der Waals surface area (Å²) in [5.41, 5.74) is -0.0964. The SMILES string of the molecule is C[C@H](Oc1cc(Cl)cc(Cl)c1)C(=O)Nc1ccccc1[N+](=O)[O-]. The van der Waals surface area contributed by atoms with Gasteiger partial charge in [0.2, 0.25) is 0 Å². The second kappa shape index (κ2) is 7.30. The number of nitrogens with zero attached hydrogens (tertiary/aromatic N) is 1. The lowest BCUT2D eigenvalue weighted by Gasteiger charge is -2.15. The van der Waals surface area contributed by atoms with E-state index in [4.69, 9.17) is 27.9 Å². The fourth-order valence-electron chi connectivity index (χ4n) is 1.83. The van der Waals surface area contributed by atoms with Crippen LogP contribution in [0.3, 0.4) is 0 Å². The monoisotopic (exact) mass is 354 g/mol. The number of carbonyl (C=O) groups is 1. The molecule has 2 aromatic carbocycles. The Bertz CT molecular complexity index is 732. The lowest BCUT2D eigenvalue weighted by atomic mass is 10.2. The van der Waals surface area contributed by atoms with Gasteiger partial charge in [0.25, 0.3) is 11.6 Å². The second-order valence-corrected chi connectivity index (χ2v) is 5.50. The maximum absolute atomic E-state index is 12.1. The van der Waals surface area contributed by atoms with Gasteiger partial charge in [-0.3, -0.25) is 14.9 Å². The highest BCUT2D eigenvalue weighted by molar-refractivity contribution is 6.34. The van der Waals surface area contributed by atoms with Crippen molar-refractivity contribution in [3.05, 3.63) is 62.6 Å². The van der Waals surface area contributed by atoms with Crippen LogP contribution >= 0.6 is 23.2 Å². The number of ether oxygens (including phenoxy) is 1. The molecule has 1 atom stereocenters. The molecule has 1 amide bonds. The number of nitro benzene ring substituents is 1. The van der Waals surface area contributed by atoms with Gasteiger partial charge in [0.1, 0.15) is 11.4 Å². The van der Waals surface area contributed by atoms with Gasteiger partial charge < -0.3 is 10.1 Å². The van der Waals surface area contributed by atoms with E-state index >= 15 is 0 Å². The smallest absolute Gasteiger partial charge is 0.292 e. The van der Waals surface area contributed by atoms with Gasteiger partial charge >= 0.3 is 0 Å². The third-order valence-corrected chi connectivity index (χ3v) is 3.31. The van der Waals surface area contributed by atoms with E-state index in [0.29, 0.717) is 15.8 Å². The van der Waals surface area contributed by atoms with Crippen molar-refractivity contribution in [3.63, 3.8) is 0 Å². The molecule has 0 aliphatic carbocycles. The predicted molar refractivity (Wildman–Crippen MR) is 88.3 cm³/mol. The first-order chi connectivity index (χ1) is 10.9. The highest BCUT2D eigenvalue weighted by Gasteiger charge is 2.20. The largest absolute Gasteiger partial charge is 0.481 e. The van der Waals surface area contributed by atoms with Crippen LogP contribution < -0.4 is 10.1 Å². The van der Waals surface area contributed by atoms with Gasteiger partial charge in [-0.05, 0) is 31.2 Å². The first-order valence-corrected chi connectivity index (χ1v) is 7.29. The van der Waals surface area contributed by atoms with Gasteiger partial charge in [0, 0.05) is 16.1 Å². The number of para-hydroxylation sites is 2. The molecular formula is C15H12Cl2N2O4. The summed E-state index contributed by atoms with van der Waals surface area (Å²) >= 11 is 11.7. The van der Waals surface area contributed by atoms with Crippen LogP contribution in [-0.4, -0.2) is 16.9 Å². The van der Waals surface area contributed by atoms with Crippen molar-refractivity contribution in [1.82, 2.24) is 0 Å². The minimum Gasteiger partial charge on any atom is -0.481 e. The normalized spacial score (nSPS) is 11.6. The summed E-state index contributed by atoms with van der Waals surface area (Å²) in [7, 11) is 0. The molecule has 2 rings (SSSR count). The van der Waals surface area contributed by atoms with Crippen molar-refractivity contribution in [2.24, 2.45) is 0 Å². The van der Waals surface area contributed by atoms with Crippen LogP contribution in [0, 0.1) is 10.1 Å². The van der Waals surface area contributed by atoms with Crippen molar-refractivity contribution in [1.29, 1.82) is 0 Å². The fraction of sp³-hybridized carbons (Fsp3) is 0.133. The molecule has 0 heterocycles. The first kappa shape index (κ1) is 17.1. The molecule has 1 N–H and O–H groups in total. The maximum Gasteiger partial charge on any atom is 0.292 e. The Hall–Kier alpha value is -2.31. The van der Waals surface area contributed by atoms with Crippen molar-refractivity contribution >= 4 is 40.5 Å². The molecular weight excluding hydrogens is 343 g/mol. The Morgan fingerprint density at radius 2 is 1.83 bits per heavy atom. The van der Waals surface area contributed by atoms with Crippen molar-refractivity contribution in [2.45, 2.75) is 13.0 Å². The van der Waals surface area contributed by atoms with Crippen LogP contribution in [-0.2, 0) is 4.79 Å². The van der Waals surface area contributed by atoms with Crippen LogP contribution in [0.4, 0.5) is 11.4 Å². The minimum absolute atomic E-state index is 0.0991. The Labute approximate surface area is 142 Å². The van der Waals surface area contributed by atoms with E-state index in [1.54, 1.807) is 6.07 Å². The molecule has 23 heavy (non-hydrogen) atoms. The topological polar surface area (TPSA) is 81.5 Å². The Kier molecular flexibility index (Phi) is 5.41. The number of halogens is 2. The summed E-state index contributed by atoms with van der Waals surface area (Å²) in [6, 6.07) is 10.4. The Morgan fingerprint density at radius 3 is 2.43 bits per heavy atom. The van der Waals surface area contributed by atoms with E-state index in [1.807, 2.05) is 0 Å². The lowest BCUT2D eigenvalue weighted by Crippen LogP contribution is -2.30. The average molecular weight is 355 g/mol. The van der Waals surface area contributed by atoms with Crippen LogP contribution in [0.15, 0.2) is 42.5 Å². The summed E-state index contributed by atoms with van der Waals surface area (Å²) in [6.07, 6.45) is -0.899. The van der Waals surface area contributed by atoms with E-state index in [9.17, 15) is 14.9 Å². The van der Waals surface area contributed by atoms with Gasteiger partial charge in [-0.1, -0.05) is 35.3 Å². The van der Waals surface area contributed by atoms with Crippen LogP contribution in [0.5, 0.6) is 5.75 Å². The summed E-state index contributed by atoms with van der Waals surface area (Å²) in [6.45, 7) is 1.51. The van der Waals surface area contributed by atoms with Crippen molar-refractivity contribution < 1.29 is 14.5 Å². The Balaban J connectivity index is 2.10. The molecule has 0 unspecified atom stereocenters. The number of amides is 1. The van der Waals surface area contributed by atoms with E-state index in [0.717, 1.165) is 0 Å². The average Bonchev–Trinajstić information content (AvgIpc) is 2.46. The van der Waals surface area contributed by atoms with Gasteiger partial charge in [0.15, 0.2) is 6.10 Å². The highest BCUT2D eigenvalue weighted by atomic mass is 35.5. The van der Waals surface area contributed by atoms with Crippen LogP contribution in [0.25, 0.3) is 0 Å². The van der Waals surface area contributed by atoms with Gasteiger partial charge in [-0.25, -0.2) is 0 Å². The molecule has 0 bridgehead atoms. The lowest BCUT2D eigenvalue weighted by molar-refractivity contribution is -0.383. The number of anilines is 1. The summed E-state index contributed by atoms with van der Waals surface area (Å²) < 4.78 is 5.46. The molecule has 8 heteroatoms. The number of nitro groups is 1. The van der Waals surface area contributed by atoms with Crippen molar-refractivity contribution in [2.75, 3.05) is 5.32 Å². The van der Waals surface area contributed by atoms with Gasteiger partial charge in [0.05, 0.1) is 4.92 Å². The number of hydrogen-bond acceptors (Lipinski definition) is 4. The molecule has 6 nitrogen and oxygen atoms in total. The van der Waals surface area contributed by atoms with Crippen LogP contribution in [0.1, 0.15) is 6.92 Å². The molecule has 0 saturated heterocycles. The second-order valence-electron chi connectivity index (χ2n) is 4.63. The van der Waals surface area contributed by atoms with Gasteiger partial charge in [-0.15, -0.1) is 0 Å². The quantitative estimate of drug-likeness (QED) is 0.640.